The first-order chi connectivity index (χ1) is 15.6. The number of carbonyl (C=O) groups is 1. The van der Waals surface area contributed by atoms with Crippen molar-refractivity contribution in [3.63, 3.8) is 0 Å². The van der Waals surface area contributed by atoms with E-state index in [1.165, 1.54) is 0 Å². The number of non-ortho nitro benzene ring substituents is 1. The van der Waals surface area contributed by atoms with Gasteiger partial charge in [0.15, 0.2) is 0 Å². The van der Waals surface area contributed by atoms with Gasteiger partial charge >= 0.3 is 5.97 Å². The normalized spacial score (nSPS) is 11.7. The molecule has 0 bridgehead atoms. The van der Waals surface area contributed by atoms with Gasteiger partial charge in [0.2, 0.25) is 0 Å². The fraction of sp³-hybridized carbons (Fsp3) is 0.222. The Hall–Kier alpha value is -3.73. The Kier molecular flexibility index (Phi) is 5.10. The van der Waals surface area contributed by atoms with Crippen molar-refractivity contribution in [2.24, 2.45) is 0 Å². The van der Waals surface area contributed by atoms with E-state index in [9.17, 15) is 14.9 Å². The molecule has 5 heteroatoms. The number of esters is 1. The van der Waals surface area contributed by atoms with Crippen molar-refractivity contribution in [2.75, 3.05) is 6.61 Å². The summed E-state index contributed by atoms with van der Waals surface area (Å²) in [6, 6.07) is 18.7. The van der Waals surface area contributed by atoms with Crippen LogP contribution >= 0.6 is 0 Å². The highest BCUT2D eigenvalue weighted by atomic mass is 16.6. The van der Waals surface area contributed by atoms with Crippen molar-refractivity contribution in [1.82, 2.24) is 0 Å². The number of unbranched alkanes of at least 4 members (excludes halogenated alkanes) is 3. The van der Waals surface area contributed by atoms with Crippen LogP contribution in [-0.2, 0) is 4.74 Å². The molecule has 0 atom stereocenters. The van der Waals surface area contributed by atoms with Gasteiger partial charge in [-0.15, -0.1) is 0 Å². The molecule has 5 aromatic rings. The molecule has 0 radical (unpaired) electrons. The summed E-state index contributed by atoms with van der Waals surface area (Å²) in [6.45, 7) is 2.54. The zero-order chi connectivity index (χ0) is 22.2. The smallest absolute Gasteiger partial charge is 0.338 e. The zero-order valence-electron chi connectivity index (χ0n) is 17.9. The fourth-order valence-corrected chi connectivity index (χ4v) is 4.79. The number of fused-ring (bicyclic) bond motifs is 2. The average molecular weight is 425 g/mol. The maximum Gasteiger partial charge on any atom is 0.338 e. The lowest BCUT2D eigenvalue weighted by Crippen LogP contribution is -2.07. The van der Waals surface area contributed by atoms with E-state index in [0.29, 0.717) is 22.9 Å². The second-order valence-corrected chi connectivity index (χ2v) is 8.21. The summed E-state index contributed by atoms with van der Waals surface area (Å²) >= 11 is 0. The van der Waals surface area contributed by atoms with Gasteiger partial charge in [-0.1, -0.05) is 68.7 Å². The number of hydrogen-bond donors (Lipinski definition) is 0. The molecule has 5 rings (SSSR count). The number of ether oxygens (including phenoxy) is 1. The van der Waals surface area contributed by atoms with E-state index in [-0.39, 0.29) is 16.6 Å². The minimum Gasteiger partial charge on any atom is -0.462 e. The maximum absolute atomic E-state index is 12.9. The number of carbonyl (C=O) groups excluding carboxylic acids is 1. The van der Waals surface area contributed by atoms with Crippen molar-refractivity contribution in [2.45, 2.75) is 32.6 Å². The molecular formula is C27H23NO4. The molecule has 0 amide bonds. The minimum absolute atomic E-state index is 0.103. The largest absolute Gasteiger partial charge is 0.462 e. The van der Waals surface area contributed by atoms with Crippen molar-refractivity contribution in [3.05, 3.63) is 76.3 Å². The molecule has 0 unspecified atom stereocenters. The molecule has 0 saturated carbocycles. The molecule has 160 valence electrons. The zero-order valence-corrected chi connectivity index (χ0v) is 17.9. The summed E-state index contributed by atoms with van der Waals surface area (Å²) in [5.74, 6) is -0.348. The lowest BCUT2D eigenvalue weighted by Gasteiger charge is -2.15. The van der Waals surface area contributed by atoms with Crippen LogP contribution in [0.2, 0.25) is 0 Å². The summed E-state index contributed by atoms with van der Waals surface area (Å²) in [7, 11) is 0. The highest BCUT2D eigenvalue weighted by Gasteiger charge is 2.23. The molecule has 0 aliphatic heterocycles. The van der Waals surface area contributed by atoms with E-state index in [4.69, 9.17) is 4.74 Å². The predicted molar refractivity (Wildman–Crippen MR) is 129 cm³/mol. The van der Waals surface area contributed by atoms with Crippen molar-refractivity contribution in [3.8, 4) is 0 Å². The van der Waals surface area contributed by atoms with E-state index < -0.39 is 0 Å². The van der Waals surface area contributed by atoms with Crippen LogP contribution < -0.4 is 0 Å². The van der Waals surface area contributed by atoms with E-state index in [2.05, 4.69) is 6.92 Å². The number of nitro benzene ring substituents is 1. The molecule has 0 N–H and O–H groups in total. The molecule has 0 aromatic heterocycles. The van der Waals surface area contributed by atoms with Crippen molar-refractivity contribution >= 4 is 54.7 Å². The Labute approximate surface area is 185 Å². The van der Waals surface area contributed by atoms with E-state index in [1.807, 2.05) is 48.5 Å². The highest BCUT2D eigenvalue weighted by Crippen LogP contribution is 2.44. The van der Waals surface area contributed by atoms with Crippen LogP contribution in [0.5, 0.6) is 0 Å². The van der Waals surface area contributed by atoms with Gasteiger partial charge in [-0.05, 0) is 51.6 Å². The van der Waals surface area contributed by atoms with Crippen LogP contribution in [0.15, 0.2) is 60.7 Å². The third-order valence-corrected chi connectivity index (χ3v) is 6.27. The summed E-state index contributed by atoms with van der Waals surface area (Å²) in [5, 5.41) is 18.5. The monoisotopic (exact) mass is 425 g/mol. The SMILES string of the molecule is CCCCCCOC(=O)c1ccc2ccc3c([N+](=O)[O-])c4ccccc4c4ccc1c2c34. The maximum atomic E-state index is 12.9. The standard InChI is InChI=1S/C27H23NO4/c1-2-3-4-7-16-32-27(29)22-12-10-17-11-13-23-25-19(14-15-20(22)24(17)25)18-8-5-6-9-21(18)26(23)28(30)31/h5-6,8-15H,2-4,7,16H2,1H3. The van der Waals surface area contributed by atoms with Gasteiger partial charge in [-0.2, -0.15) is 0 Å². The van der Waals surface area contributed by atoms with Gasteiger partial charge in [0.25, 0.3) is 5.69 Å². The Balaban J connectivity index is 1.73. The van der Waals surface area contributed by atoms with Crippen molar-refractivity contribution in [1.29, 1.82) is 0 Å². The molecule has 0 fully saturated rings. The van der Waals surface area contributed by atoms with Crippen LogP contribution in [0.4, 0.5) is 5.69 Å². The average Bonchev–Trinajstić information content (AvgIpc) is 2.81. The summed E-state index contributed by atoms with van der Waals surface area (Å²) in [6.07, 6.45) is 4.15. The van der Waals surface area contributed by atoms with Crippen LogP contribution in [0, 0.1) is 10.1 Å². The number of benzene rings is 5. The molecule has 0 aliphatic carbocycles. The van der Waals surface area contributed by atoms with E-state index >= 15 is 0 Å². The van der Waals surface area contributed by atoms with Gasteiger partial charge in [-0.25, -0.2) is 4.79 Å². The Bertz CT molecular complexity index is 1490. The molecule has 5 nitrogen and oxygen atoms in total. The lowest BCUT2D eigenvalue weighted by molar-refractivity contribution is -0.381. The second kappa shape index (κ2) is 8.08. The number of hydrogen-bond acceptors (Lipinski definition) is 4. The number of rotatable bonds is 7. The van der Waals surface area contributed by atoms with Gasteiger partial charge in [-0.3, -0.25) is 10.1 Å². The first-order valence-electron chi connectivity index (χ1n) is 11.1. The first-order valence-corrected chi connectivity index (χ1v) is 11.1. The number of nitro groups is 1. The Morgan fingerprint density at radius 3 is 2.31 bits per heavy atom. The fourth-order valence-electron chi connectivity index (χ4n) is 4.79. The van der Waals surface area contributed by atoms with Gasteiger partial charge in [0, 0.05) is 5.39 Å². The lowest BCUT2D eigenvalue weighted by atomic mass is 9.88. The highest BCUT2D eigenvalue weighted by molar-refractivity contribution is 6.33. The van der Waals surface area contributed by atoms with E-state index in [0.717, 1.165) is 58.0 Å². The molecule has 32 heavy (non-hydrogen) atoms. The van der Waals surface area contributed by atoms with E-state index in [1.54, 1.807) is 12.1 Å². The first kappa shape index (κ1) is 20.2. The van der Waals surface area contributed by atoms with Crippen LogP contribution in [0.3, 0.4) is 0 Å². The second-order valence-electron chi connectivity index (χ2n) is 8.21. The summed E-state index contributed by atoms with van der Waals surface area (Å²) < 4.78 is 5.55. The van der Waals surface area contributed by atoms with Gasteiger partial charge in [0.1, 0.15) is 0 Å². The number of nitrogens with zero attached hydrogens (tertiary/aromatic N) is 1. The topological polar surface area (TPSA) is 69.4 Å². The molecule has 0 heterocycles. The van der Waals surface area contributed by atoms with Gasteiger partial charge in [0.05, 0.1) is 27.9 Å². The molecule has 0 aliphatic rings. The van der Waals surface area contributed by atoms with Crippen molar-refractivity contribution < 1.29 is 14.5 Å². The summed E-state index contributed by atoms with van der Waals surface area (Å²) in [4.78, 5) is 24.6. The summed E-state index contributed by atoms with van der Waals surface area (Å²) in [5.41, 5.74) is 0.601. The molecule has 0 spiro atoms. The Morgan fingerprint density at radius 2 is 1.53 bits per heavy atom. The minimum atomic E-state index is -0.348. The van der Waals surface area contributed by atoms with Crippen LogP contribution in [0.1, 0.15) is 43.0 Å². The quantitative estimate of drug-likeness (QED) is 0.0681. The third-order valence-electron chi connectivity index (χ3n) is 6.27. The predicted octanol–water partition coefficient (Wildman–Crippen LogP) is 7.38. The molecular weight excluding hydrogens is 402 g/mol. The molecule has 0 saturated heterocycles. The Morgan fingerprint density at radius 1 is 0.812 bits per heavy atom. The van der Waals surface area contributed by atoms with Crippen LogP contribution in [-0.4, -0.2) is 17.5 Å². The molecule has 5 aromatic carbocycles. The third kappa shape index (κ3) is 3.12. The van der Waals surface area contributed by atoms with Crippen LogP contribution in [0.25, 0.3) is 43.1 Å². The van der Waals surface area contributed by atoms with Gasteiger partial charge < -0.3 is 4.74 Å².